The molecule has 0 aliphatic heterocycles. The number of para-hydroxylation sites is 4. The summed E-state index contributed by atoms with van der Waals surface area (Å²) in [6, 6.07) is 25.6. The van der Waals surface area contributed by atoms with Crippen LogP contribution in [-0.2, 0) is 0 Å². The maximum Gasteiger partial charge on any atom is 0.160 e. The molecule has 0 aromatic heterocycles. The van der Waals surface area contributed by atoms with Gasteiger partial charge in [0.2, 0.25) is 0 Å². The van der Waals surface area contributed by atoms with Crippen molar-refractivity contribution in [1.82, 2.24) is 0 Å². The molecule has 0 saturated heterocycles. The summed E-state index contributed by atoms with van der Waals surface area (Å²) in [6.45, 7) is 10.4. The zero-order chi connectivity index (χ0) is 38.7. The molecule has 4 unspecified atom stereocenters. The molecular weight excluding hydrogens is 749 g/mol. The Balaban J connectivity index is 1.99. The van der Waals surface area contributed by atoms with Gasteiger partial charge >= 0.3 is 0 Å². The summed E-state index contributed by atoms with van der Waals surface area (Å²) in [4.78, 5) is 0. The van der Waals surface area contributed by atoms with Crippen molar-refractivity contribution in [2.45, 2.75) is 48.4 Å². The van der Waals surface area contributed by atoms with Crippen molar-refractivity contribution in [2.24, 2.45) is 0 Å². The van der Waals surface area contributed by atoms with E-state index in [1.807, 2.05) is 24.3 Å². The molecule has 8 nitrogen and oxygen atoms in total. The second-order valence-corrected chi connectivity index (χ2v) is 32.8. The monoisotopic (exact) mass is 808 g/mol. The van der Waals surface area contributed by atoms with E-state index in [2.05, 4.69) is 76.2 Å². The molecule has 13 heteroatoms. The topological polar surface area (TPSA) is 73.8 Å². The van der Waals surface area contributed by atoms with Crippen molar-refractivity contribution < 1.29 is 37.9 Å². The fourth-order valence-electron chi connectivity index (χ4n) is 9.40. The molecule has 0 fully saturated rings. The Bertz CT molecular complexity index is 1530. The smallest absolute Gasteiger partial charge is 0.160 e. The normalized spacial score (nSPS) is 15.5. The number of methoxy groups -OCH3 is 8. The first-order valence-corrected chi connectivity index (χ1v) is 26.8. The van der Waals surface area contributed by atoms with Gasteiger partial charge in [0.25, 0.3) is 0 Å². The van der Waals surface area contributed by atoms with Crippen LogP contribution in [0.5, 0.6) is 46.0 Å². The van der Waals surface area contributed by atoms with Crippen LogP contribution in [-0.4, -0.2) is 103 Å². The SMILES string of the molecule is COc1cccc([SiH2]C(C)[Si](C(C)[SiH2]c2cccc(OC)c2OC)(C(C)[SiH2]c2cccc(OC)c2OC)C(C)[SiH2]c2cccc(OC)c2OC)c1OC. The molecule has 4 rings (SSSR count). The molecular formula is C40H60O8Si5. The first-order valence-electron chi connectivity index (χ1n) is 18.4. The summed E-state index contributed by atoms with van der Waals surface area (Å²) < 4.78 is 47.6. The predicted molar refractivity (Wildman–Crippen MR) is 234 cm³/mol. The lowest BCUT2D eigenvalue weighted by Gasteiger charge is -2.51. The molecule has 4 aromatic rings. The van der Waals surface area contributed by atoms with Gasteiger partial charge in [0.15, 0.2) is 46.0 Å². The molecule has 0 heterocycles. The number of hydrogen-bond donors (Lipinski definition) is 0. The summed E-state index contributed by atoms with van der Waals surface area (Å²) >= 11 is 0. The fourth-order valence-corrected chi connectivity index (χ4v) is 49.8. The van der Waals surface area contributed by atoms with E-state index in [9.17, 15) is 0 Å². The minimum absolute atomic E-state index is 0.529. The van der Waals surface area contributed by atoms with Crippen molar-refractivity contribution in [3.05, 3.63) is 72.8 Å². The molecule has 0 saturated carbocycles. The minimum atomic E-state index is -2.33. The van der Waals surface area contributed by atoms with E-state index in [0.29, 0.717) is 20.7 Å². The lowest BCUT2D eigenvalue weighted by molar-refractivity contribution is 0.357. The molecule has 0 N–H and O–H groups in total. The van der Waals surface area contributed by atoms with Gasteiger partial charge in [-0.2, -0.15) is 0 Å². The van der Waals surface area contributed by atoms with Crippen LogP contribution < -0.4 is 58.6 Å². The second-order valence-electron chi connectivity index (χ2n) is 14.0. The van der Waals surface area contributed by atoms with Gasteiger partial charge in [0.1, 0.15) is 0 Å². The van der Waals surface area contributed by atoms with Crippen molar-refractivity contribution in [3.8, 4) is 46.0 Å². The summed E-state index contributed by atoms with van der Waals surface area (Å²) in [6.07, 6.45) is 0. The number of rotatable bonds is 20. The Morgan fingerprint density at radius 2 is 0.547 bits per heavy atom. The van der Waals surface area contributed by atoms with Crippen LogP contribution in [0, 0.1) is 0 Å². The molecule has 53 heavy (non-hydrogen) atoms. The zero-order valence-electron chi connectivity index (χ0n) is 33.8. The predicted octanol–water partition coefficient (Wildman–Crippen LogP) is 2.87. The summed E-state index contributed by atoms with van der Waals surface area (Å²) in [5.74, 6) is 6.73. The molecule has 0 aliphatic rings. The summed E-state index contributed by atoms with van der Waals surface area (Å²) in [5.41, 5.74) is 0. The average Bonchev–Trinajstić information content (AvgIpc) is 3.17. The van der Waals surface area contributed by atoms with Gasteiger partial charge in [0.05, 0.1) is 103 Å². The third kappa shape index (κ3) is 8.85. The van der Waals surface area contributed by atoms with Gasteiger partial charge < -0.3 is 37.9 Å². The molecule has 0 aliphatic carbocycles. The largest absolute Gasteiger partial charge is 0.493 e. The van der Waals surface area contributed by atoms with E-state index in [1.165, 1.54) is 20.7 Å². The van der Waals surface area contributed by atoms with E-state index in [-0.39, 0.29) is 0 Å². The standard InChI is InChI=1S/C40H60O8Si5/c1-25(49-33-21-13-17-29(41-5)37(33)45-9)53(26(2)50-34-22-14-18-30(42-6)38(34)46-10,27(3)51-35-23-15-19-31(43-7)39(35)47-11)28(4)52-36-24-16-20-32(44-8)40(36)48-12/h13-28H,49-52H2,1-12H3. The van der Waals surface area contributed by atoms with Crippen LogP contribution in [0.25, 0.3) is 0 Å². The van der Waals surface area contributed by atoms with E-state index in [1.54, 1.807) is 56.9 Å². The lowest BCUT2D eigenvalue weighted by atomic mass is 10.3. The van der Waals surface area contributed by atoms with Gasteiger partial charge in [0, 0.05) is 0 Å². The highest BCUT2D eigenvalue weighted by Crippen LogP contribution is 2.49. The van der Waals surface area contributed by atoms with Gasteiger partial charge in [-0.05, 0) is 45.0 Å². The Labute approximate surface area is 327 Å². The van der Waals surface area contributed by atoms with Gasteiger partial charge in [-0.1, -0.05) is 96.9 Å². The minimum Gasteiger partial charge on any atom is -0.493 e. The van der Waals surface area contributed by atoms with Crippen LogP contribution >= 0.6 is 0 Å². The number of ether oxygens (including phenoxy) is 8. The highest BCUT2D eigenvalue weighted by molar-refractivity contribution is 7.07. The van der Waals surface area contributed by atoms with Crippen LogP contribution in [0.1, 0.15) is 27.7 Å². The van der Waals surface area contributed by atoms with Crippen LogP contribution in [0.4, 0.5) is 0 Å². The Morgan fingerprint density at radius 3 is 0.717 bits per heavy atom. The van der Waals surface area contributed by atoms with Crippen molar-refractivity contribution in [1.29, 1.82) is 0 Å². The van der Waals surface area contributed by atoms with E-state index < -0.39 is 46.2 Å². The molecule has 288 valence electrons. The third-order valence-electron chi connectivity index (χ3n) is 11.5. The molecule has 4 atom stereocenters. The molecule has 0 radical (unpaired) electrons. The van der Waals surface area contributed by atoms with Crippen molar-refractivity contribution in [3.63, 3.8) is 0 Å². The van der Waals surface area contributed by atoms with E-state index >= 15 is 0 Å². The van der Waals surface area contributed by atoms with Gasteiger partial charge in [-0.15, -0.1) is 0 Å². The summed E-state index contributed by atoms with van der Waals surface area (Å²) in [7, 11) is 8.12. The van der Waals surface area contributed by atoms with Crippen molar-refractivity contribution in [2.75, 3.05) is 56.9 Å². The Morgan fingerprint density at radius 1 is 0.340 bits per heavy atom. The zero-order valence-corrected chi connectivity index (χ0v) is 40.5. The van der Waals surface area contributed by atoms with Crippen LogP contribution in [0.15, 0.2) is 72.8 Å². The maximum atomic E-state index is 6.08. The van der Waals surface area contributed by atoms with Crippen LogP contribution in [0.2, 0.25) is 20.7 Å². The second kappa shape index (κ2) is 19.6. The van der Waals surface area contributed by atoms with E-state index in [0.717, 1.165) is 46.0 Å². The van der Waals surface area contributed by atoms with Gasteiger partial charge in [-0.3, -0.25) is 0 Å². The number of hydrogen-bond acceptors (Lipinski definition) is 8. The van der Waals surface area contributed by atoms with Crippen LogP contribution in [0.3, 0.4) is 0 Å². The molecule has 0 bridgehead atoms. The average molecular weight is 809 g/mol. The first kappa shape index (κ1) is 42.1. The molecule has 4 aromatic carbocycles. The first-order chi connectivity index (χ1) is 25.6. The number of benzene rings is 4. The van der Waals surface area contributed by atoms with Crippen molar-refractivity contribution >= 4 is 66.9 Å². The maximum absolute atomic E-state index is 6.08. The highest BCUT2D eigenvalue weighted by Gasteiger charge is 2.52. The third-order valence-corrected chi connectivity index (χ3v) is 35.7. The van der Waals surface area contributed by atoms with E-state index in [4.69, 9.17) is 37.9 Å². The molecule has 0 spiro atoms. The quantitative estimate of drug-likeness (QED) is 0.127. The Kier molecular flexibility index (Phi) is 15.6. The Hall–Kier alpha value is -3.64. The van der Waals surface area contributed by atoms with Gasteiger partial charge in [-0.25, -0.2) is 0 Å². The lowest BCUT2D eigenvalue weighted by Crippen LogP contribution is -2.60. The summed E-state index contributed by atoms with van der Waals surface area (Å²) in [5, 5.41) is 7.41. The molecule has 0 amide bonds. The highest BCUT2D eigenvalue weighted by atomic mass is 28.4. The fraction of sp³-hybridized carbons (Fsp3) is 0.400.